The third-order valence-corrected chi connectivity index (χ3v) is 4.57. The van der Waals surface area contributed by atoms with E-state index in [0.29, 0.717) is 15.7 Å². The molecule has 0 atom stereocenters. The van der Waals surface area contributed by atoms with Crippen LogP contribution in [0, 0.1) is 6.92 Å². The van der Waals surface area contributed by atoms with Crippen LogP contribution in [0.15, 0.2) is 54.0 Å². The Morgan fingerprint density at radius 3 is 2.74 bits per heavy atom. The Morgan fingerprint density at radius 2 is 2.04 bits per heavy atom. The molecule has 0 radical (unpaired) electrons. The van der Waals surface area contributed by atoms with Crippen LogP contribution in [0.25, 0.3) is 0 Å². The molecule has 2 aromatic heterocycles. The van der Waals surface area contributed by atoms with Crippen LogP contribution in [0.4, 0.5) is 17.2 Å². The second-order valence-corrected chi connectivity index (χ2v) is 6.26. The molecule has 0 spiro atoms. The van der Waals surface area contributed by atoms with Crippen LogP contribution in [-0.2, 0) is 0 Å². The van der Waals surface area contributed by atoms with E-state index in [1.54, 1.807) is 18.3 Å². The fourth-order valence-corrected chi connectivity index (χ4v) is 2.82. The van der Waals surface area contributed by atoms with Gasteiger partial charge in [-0.05, 0) is 48.2 Å². The summed E-state index contributed by atoms with van der Waals surface area (Å²) in [4.78, 5) is 16.9. The van der Waals surface area contributed by atoms with Gasteiger partial charge in [-0.1, -0.05) is 23.7 Å². The van der Waals surface area contributed by atoms with Gasteiger partial charge < -0.3 is 10.6 Å². The monoisotopic (exact) mass is 343 g/mol. The first-order valence-electron chi connectivity index (χ1n) is 6.96. The van der Waals surface area contributed by atoms with Gasteiger partial charge in [-0.3, -0.25) is 4.79 Å². The molecule has 0 aliphatic carbocycles. The molecule has 0 aliphatic heterocycles. The van der Waals surface area contributed by atoms with E-state index < -0.39 is 0 Å². The average Bonchev–Trinajstić information content (AvgIpc) is 3.08. The lowest BCUT2D eigenvalue weighted by atomic mass is 10.2. The van der Waals surface area contributed by atoms with Crippen molar-refractivity contribution in [3.05, 3.63) is 69.5 Å². The smallest absolute Gasteiger partial charge is 0.266 e. The number of amides is 1. The Labute approximate surface area is 143 Å². The summed E-state index contributed by atoms with van der Waals surface area (Å²) in [5, 5.41) is 8.61. The molecule has 116 valence electrons. The van der Waals surface area contributed by atoms with Crippen LogP contribution in [-0.4, -0.2) is 10.9 Å². The minimum atomic E-state index is -0.154. The molecule has 2 N–H and O–H groups in total. The highest BCUT2D eigenvalue weighted by Gasteiger charge is 2.08. The molecule has 3 aromatic rings. The number of carbonyl (C=O) groups excluding carboxylic acids is 1. The van der Waals surface area contributed by atoms with Gasteiger partial charge in [-0.15, -0.1) is 11.3 Å². The lowest BCUT2D eigenvalue weighted by Crippen LogP contribution is -2.11. The van der Waals surface area contributed by atoms with Crippen molar-refractivity contribution in [2.75, 3.05) is 10.6 Å². The fraction of sp³-hybridized carbons (Fsp3) is 0.0588. The highest BCUT2D eigenvalue weighted by molar-refractivity contribution is 7.12. The zero-order valence-electron chi connectivity index (χ0n) is 12.3. The third kappa shape index (κ3) is 3.70. The maximum atomic E-state index is 12.0. The summed E-state index contributed by atoms with van der Waals surface area (Å²) in [6, 6.07) is 12.9. The zero-order chi connectivity index (χ0) is 16.2. The normalized spacial score (nSPS) is 10.3. The van der Waals surface area contributed by atoms with Gasteiger partial charge in [0.15, 0.2) is 0 Å². The van der Waals surface area contributed by atoms with E-state index in [4.69, 9.17) is 11.6 Å². The van der Waals surface area contributed by atoms with Crippen LogP contribution in [0.3, 0.4) is 0 Å². The molecule has 23 heavy (non-hydrogen) atoms. The summed E-state index contributed by atoms with van der Waals surface area (Å²) in [5.74, 6) is 0.357. The molecule has 1 amide bonds. The Hall–Kier alpha value is -2.37. The van der Waals surface area contributed by atoms with Gasteiger partial charge in [0.25, 0.3) is 5.91 Å². The van der Waals surface area contributed by atoms with Crippen molar-refractivity contribution in [2.45, 2.75) is 6.92 Å². The van der Waals surface area contributed by atoms with E-state index >= 15 is 0 Å². The second-order valence-electron chi connectivity index (χ2n) is 4.90. The number of carbonyl (C=O) groups is 1. The van der Waals surface area contributed by atoms with Gasteiger partial charge in [0, 0.05) is 10.7 Å². The Kier molecular flexibility index (Phi) is 4.60. The van der Waals surface area contributed by atoms with Crippen molar-refractivity contribution in [3.63, 3.8) is 0 Å². The van der Waals surface area contributed by atoms with Gasteiger partial charge in [-0.2, -0.15) is 0 Å². The highest BCUT2D eigenvalue weighted by atomic mass is 35.5. The molecule has 0 unspecified atom stereocenters. The minimum Gasteiger partial charge on any atom is -0.354 e. The van der Waals surface area contributed by atoms with Crippen molar-refractivity contribution < 1.29 is 4.79 Å². The average molecular weight is 344 g/mol. The summed E-state index contributed by atoms with van der Waals surface area (Å²) in [6.45, 7) is 1.95. The van der Waals surface area contributed by atoms with Crippen LogP contribution in [0.2, 0.25) is 5.02 Å². The molecule has 0 saturated carbocycles. The fourth-order valence-electron chi connectivity index (χ4n) is 2.03. The zero-order valence-corrected chi connectivity index (χ0v) is 13.9. The lowest BCUT2D eigenvalue weighted by molar-refractivity contribution is 0.103. The molecule has 2 heterocycles. The number of nitrogens with zero attached hydrogens (tertiary/aromatic N) is 1. The number of rotatable bonds is 4. The first-order chi connectivity index (χ1) is 11.1. The summed E-state index contributed by atoms with van der Waals surface area (Å²) in [5.41, 5.74) is 2.73. The molecule has 3 rings (SSSR count). The third-order valence-electron chi connectivity index (χ3n) is 3.30. The van der Waals surface area contributed by atoms with Gasteiger partial charge in [0.1, 0.15) is 5.82 Å². The highest BCUT2D eigenvalue weighted by Crippen LogP contribution is 2.26. The quantitative estimate of drug-likeness (QED) is 0.692. The number of pyridine rings is 1. The molecule has 4 nitrogen and oxygen atoms in total. The van der Waals surface area contributed by atoms with E-state index in [1.165, 1.54) is 11.3 Å². The van der Waals surface area contributed by atoms with Crippen molar-refractivity contribution >= 4 is 46.0 Å². The van der Waals surface area contributed by atoms with E-state index in [9.17, 15) is 4.79 Å². The van der Waals surface area contributed by atoms with Crippen molar-refractivity contribution in [3.8, 4) is 0 Å². The number of benzene rings is 1. The predicted molar refractivity (Wildman–Crippen MR) is 96.0 cm³/mol. The number of anilines is 3. The maximum absolute atomic E-state index is 12.0. The number of thiophene rings is 1. The van der Waals surface area contributed by atoms with Gasteiger partial charge in [0.05, 0.1) is 16.8 Å². The van der Waals surface area contributed by atoms with E-state index in [0.717, 1.165) is 16.9 Å². The van der Waals surface area contributed by atoms with E-state index in [2.05, 4.69) is 15.6 Å². The van der Waals surface area contributed by atoms with Crippen LogP contribution in [0.5, 0.6) is 0 Å². The predicted octanol–water partition coefficient (Wildman–Crippen LogP) is 5.10. The summed E-state index contributed by atoms with van der Waals surface area (Å²) in [6.07, 6.45) is 1.67. The Bertz CT molecular complexity index is 816. The van der Waals surface area contributed by atoms with Crippen molar-refractivity contribution in [2.24, 2.45) is 0 Å². The number of hydrogen-bond donors (Lipinski definition) is 2. The number of aromatic nitrogens is 1. The van der Waals surface area contributed by atoms with Crippen molar-refractivity contribution in [1.82, 2.24) is 4.98 Å². The molecule has 0 bridgehead atoms. The summed E-state index contributed by atoms with van der Waals surface area (Å²) >= 11 is 7.50. The molecular formula is C17H14ClN3OS. The Balaban J connectivity index is 1.70. The van der Waals surface area contributed by atoms with Crippen LogP contribution in [0.1, 0.15) is 15.2 Å². The second kappa shape index (κ2) is 6.81. The van der Waals surface area contributed by atoms with E-state index in [1.807, 2.05) is 42.6 Å². The standard InChI is InChI=1S/C17H14ClN3OS/c1-11-13(18)4-2-5-14(11)20-12-7-8-16(19-10-12)21-17(22)15-6-3-9-23-15/h2-10,20H,1H3,(H,19,21,22). The van der Waals surface area contributed by atoms with Gasteiger partial charge in [0.2, 0.25) is 0 Å². The number of nitrogens with one attached hydrogen (secondary N) is 2. The molecule has 0 fully saturated rings. The summed E-state index contributed by atoms with van der Waals surface area (Å²) in [7, 11) is 0. The molecule has 0 saturated heterocycles. The molecular weight excluding hydrogens is 330 g/mol. The topological polar surface area (TPSA) is 54.0 Å². The number of halogens is 1. The Morgan fingerprint density at radius 1 is 1.17 bits per heavy atom. The first-order valence-corrected chi connectivity index (χ1v) is 8.22. The minimum absolute atomic E-state index is 0.154. The largest absolute Gasteiger partial charge is 0.354 e. The van der Waals surface area contributed by atoms with Gasteiger partial charge in [-0.25, -0.2) is 4.98 Å². The summed E-state index contributed by atoms with van der Waals surface area (Å²) < 4.78 is 0. The molecule has 6 heteroatoms. The first kappa shape index (κ1) is 15.5. The van der Waals surface area contributed by atoms with E-state index in [-0.39, 0.29) is 5.91 Å². The molecule has 0 aliphatic rings. The SMILES string of the molecule is Cc1c(Cl)cccc1Nc1ccc(NC(=O)c2cccs2)nc1. The number of hydrogen-bond acceptors (Lipinski definition) is 4. The maximum Gasteiger partial charge on any atom is 0.266 e. The molecule has 1 aromatic carbocycles. The van der Waals surface area contributed by atoms with Gasteiger partial charge >= 0.3 is 0 Å². The van der Waals surface area contributed by atoms with Crippen LogP contribution < -0.4 is 10.6 Å². The van der Waals surface area contributed by atoms with Crippen LogP contribution >= 0.6 is 22.9 Å². The van der Waals surface area contributed by atoms with Crippen molar-refractivity contribution in [1.29, 1.82) is 0 Å². The lowest BCUT2D eigenvalue weighted by Gasteiger charge is -2.11.